The molecular weight excluding hydrogens is 251 g/mol. The van der Waals surface area contributed by atoms with Gasteiger partial charge in [-0.05, 0) is 13.8 Å². The number of nitrogens with zero attached hydrogens (tertiary/aromatic N) is 2. The van der Waals surface area contributed by atoms with E-state index in [4.69, 9.17) is 0 Å². The number of nitrogens with one attached hydrogen (secondary N) is 1. The molecule has 0 saturated heterocycles. The molecule has 18 heavy (non-hydrogen) atoms. The molecule has 1 N–H and O–H groups in total. The zero-order chi connectivity index (χ0) is 13.9. The average molecular weight is 263 g/mol. The summed E-state index contributed by atoms with van der Waals surface area (Å²) in [6, 6.07) is 0. The molecule has 0 aromatic carbocycles. The number of pyridine rings is 1. The number of hydrogen-bond donors (Lipinski definition) is 1. The van der Waals surface area contributed by atoms with Crippen molar-refractivity contribution in [3.8, 4) is 0 Å². The van der Waals surface area contributed by atoms with E-state index in [0.717, 1.165) is 0 Å². The lowest BCUT2D eigenvalue weighted by Crippen LogP contribution is -2.28. The van der Waals surface area contributed by atoms with Crippen LogP contribution in [0.1, 0.15) is 16.8 Å². The fourth-order valence-electron chi connectivity index (χ4n) is 1.55. The van der Waals surface area contributed by atoms with E-state index < -0.39 is 17.6 Å². The molecule has 0 saturated carbocycles. The second-order valence-electron chi connectivity index (χ2n) is 3.84. The van der Waals surface area contributed by atoms with Crippen LogP contribution in [0.15, 0.2) is 6.20 Å². The monoisotopic (exact) mass is 263 g/mol. The maximum Gasteiger partial charge on any atom is 0.401 e. The first-order valence-corrected chi connectivity index (χ1v) is 5.09. The Morgan fingerprint density at radius 2 is 2.06 bits per heavy atom. The third kappa shape index (κ3) is 3.66. The van der Waals surface area contributed by atoms with Crippen molar-refractivity contribution in [3.05, 3.63) is 33.1 Å². The second kappa shape index (κ2) is 5.30. The lowest BCUT2D eigenvalue weighted by Gasteiger charge is -2.10. The fraction of sp³-hybridized carbons (Fsp3) is 0.500. The Labute approximate surface area is 101 Å². The first kappa shape index (κ1) is 14.4. The molecule has 5 nitrogen and oxygen atoms in total. The minimum Gasteiger partial charge on any atom is -0.303 e. The van der Waals surface area contributed by atoms with E-state index in [1.165, 1.54) is 20.0 Å². The Bertz CT molecular complexity index is 460. The van der Waals surface area contributed by atoms with Crippen LogP contribution in [0.2, 0.25) is 0 Å². The number of hydrogen-bond acceptors (Lipinski definition) is 4. The minimum absolute atomic E-state index is 0.103. The van der Waals surface area contributed by atoms with Crippen molar-refractivity contribution in [2.45, 2.75) is 26.6 Å². The van der Waals surface area contributed by atoms with Crippen molar-refractivity contribution in [3.63, 3.8) is 0 Å². The number of alkyl halides is 3. The van der Waals surface area contributed by atoms with E-state index in [1.54, 1.807) is 0 Å². The van der Waals surface area contributed by atoms with Crippen molar-refractivity contribution in [2.24, 2.45) is 0 Å². The molecule has 0 aliphatic rings. The molecule has 1 aromatic heterocycles. The van der Waals surface area contributed by atoms with E-state index in [9.17, 15) is 23.3 Å². The van der Waals surface area contributed by atoms with Crippen molar-refractivity contribution in [2.75, 3.05) is 6.54 Å². The van der Waals surface area contributed by atoms with Gasteiger partial charge in [0.25, 0.3) is 5.69 Å². The number of nitro groups is 1. The van der Waals surface area contributed by atoms with E-state index in [-0.39, 0.29) is 23.5 Å². The van der Waals surface area contributed by atoms with E-state index in [2.05, 4.69) is 10.3 Å². The van der Waals surface area contributed by atoms with Gasteiger partial charge in [-0.1, -0.05) is 0 Å². The Hall–Kier alpha value is -1.70. The van der Waals surface area contributed by atoms with Gasteiger partial charge in [-0.15, -0.1) is 0 Å². The number of aromatic nitrogens is 1. The van der Waals surface area contributed by atoms with Gasteiger partial charge in [-0.25, -0.2) is 0 Å². The fourth-order valence-corrected chi connectivity index (χ4v) is 1.55. The van der Waals surface area contributed by atoms with Crippen LogP contribution in [0.4, 0.5) is 18.9 Å². The standard InChI is InChI=1S/C10H12F3N3O2/c1-6-3-15-8(4-14-5-10(11,12)13)7(2)9(6)16(17)18/h3,14H,4-5H2,1-2H3. The van der Waals surface area contributed by atoms with Gasteiger partial charge in [0.1, 0.15) is 0 Å². The highest BCUT2D eigenvalue weighted by Crippen LogP contribution is 2.24. The Morgan fingerprint density at radius 1 is 1.44 bits per heavy atom. The zero-order valence-electron chi connectivity index (χ0n) is 9.84. The predicted molar refractivity (Wildman–Crippen MR) is 58.1 cm³/mol. The summed E-state index contributed by atoms with van der Waals surface area (Å²) in [5.74, 6) is 0. The predicted octanol–water partition coefficient (Wildman–Crippen LogP) is 2.26. The summed E-state index contributed by atoms with van der Waals surface area (Å²) in [5.41, 5.74) is 0.817. The lowest BCUT2D eigenvalue weighted by atomic mass is 10.1. The van der Waals surface area contributed by atoms with Gasteiger partial charge in [-0.2, -0.15) is 13.2 Å². The second-order valence-corrected chi connectivity index (χ2v) is 3.84. The molecule has 0 amide bonds. The summed E-state index contributed by atoms with van der Waals surface area (Å²) in [6.45, 7) is 1.69. The van der Waals surface area contributed by atoms with Gasteiger partial charge in [0.05, 0.1) is 17.2 Å². The summed E-state index contributed by atoms with van der Waals surface area (Å²) in [6.07, 6.45) is -3.03. The summed E-state index contributed by atoms with van der Waals surface area (Å²) in [4.78, 5) is 14.2. The molecule has 0 bridgehead atoms. The van der Waals surface area contributed by atoms with E-state index in [1.807, 2.05) is 0 Å². The molecular formula is C10H12F3N3O2. The van der Waals surface area contributed by atoms with Crippen LogP contribution in [0, 0.1) is 24.0 Å². The van der Waals surface area contributed by atoms with Crippen LogP contribution < -0.4 is 5.32 Å². The maximum atomic E-state index is 11.9. The Morgan fingerprint density at radius 3 is 2.56 bits per heavy atom. The maximum absolute atomic E-state index is 11.9. The highest BCUT2D eigenvalue weighted by atomic mass is 19.4. The number of rotatable bonds is 4. The van der Waals surface area contributed by atoms with Crippen molar-refractivity contribution in [1.29, 1.82) is 0 Å². The summed E-state index contributed by atoms with van der Waals surface area (Å²) in [5, 5.41) is 13.0. The van der Waals surface area contributed by atoms with Gasteiger partial charge >= 0.3 is 6.18 Å². The highest BCUT2D eigenvalue weighted by molar-refractivity contribution is 5.47. The summed E-state index contributed by atoms with van der Waals surface area (Å²) >= 11 is 0. The molecule has 1 heterocycles. The van der Waals surface area contributed by atoms with Crippen LogP contribution in [0.3, 0.4) is 0 Å². The summed E-state index contributed by atoms with van der Waals surface area (Å²) < 4.78 is 35.8. The molecule has 1 aromatic rings. The minimum atomic E-state index is -4.31. The van der Waals surface area contributed by atoms with Crippen LogP contribution in [-0.2, 0) is 6.54 Å². The van der Waals surface area contributed by atoms with Crippen LogP contribution in [0.5, 0.6) is 0 Å². The molecule has 1 rings (SSSR count). The smallest absolute Gasteiger partial charge is 0.303 e. The quantitative estimate of drug-likeness (QED) is 0.668. The number of halogens is 3. The number of aryl methyl sites for hydroxylation is 1. The van der Waals surface area contributed by atoms with E-state index in [0.29, 0.717) is 5.56 Å². The first-order chi connectivity index (χ1) is 8.22. The topological polar surface area (TPSA) is 68.1 Å². The van der Waals surface area contributed by atoms with Crippen LogP contribution in [-0.4, -0.2) is 22.6 Å². The third-order valence-corrected chi connectivity index (χ3v) is 2.38. The average Bonchev–Trinajstić information content (AvgIpc) is 2.19. The molecule has 0 spiro atoms. The molecule has 0 aliphatic heterocycles. The van der Waals surface area contributed by atoms with Gasteiger partial charge in [0, 0.05) is 23.9 Å². The molecule has 0 fully saturated rings. The molecule has 8 heteroatoms. The Balaban J connectivity index is 2.85. The van der Waals surface area contributed by atoms with E-state index >= 15 is 0 Å². The van der Waals surface area contributed by atoms with Crippen molar-refractivity contribution in [1.82, 2.24) is 10.3 Å². The molecule has 100 valence electrons. The molecule has 0 radical (unpaired) electrons. The SMILES string of the molecule is Cc1cnc(CNCC(F)(F)F)c(C)c1[N+](=O)[O-]. The van der Waals surface area contributed by atoms with Crippen LogP contribution >= 0.6 is 0 Å². The summed E-state index contributed by atoms with van der Waals surface area (Å²) in [7, 11) is 0. The van der Waals surface area contributed by atoms with Gasteiger partial charge in [0.2, 0.25) is 0 Å². The molecule has 0 atom stereocenters. The zero-order valence-corrected chi connectivity index (χ0v) is 9.84. The third-order valence-electron chi connectivity index (χ3n) is 2.38. The lowest BCUT2D eigenvalue weighted by molar-refractivity contribution is -0.386. The molecule has 0 aliphatic carbocycles. The van der Waals surface area contributed by atoms with Gasteiger partial charge in [-0.3, -0.25) is 15.1 Å². The van der Waals surface area contributed by atoms with Crippen molar-refractivity contribution >= 4 is 5.69 Å². The Kier molecular flexibility index (Phi) is 4.23. The van der Waals surface area contributed by atoms with Gasteiger partial charge in [0.15, 0.2) is 0 Å². The van der Waals surface area contributed by atoms with Crippen LogP contribution in [0.25, 0.3) is 0 Å². The van der Waals surface area contributed by atoms with Gasteiger partial charge < -0.3 is 5.32 Å². The normalized spacial score (nSPS) is 11.6. The largest absolute Gasteiger partial charge is 0.401 e. The highest BCUT2D eigenvalue weighted by Gasteiger charge is 2.26. The molecule has 0 unspecified atom stereocenters. The van der Waals surface area contributed by atoms with Crippen molar-refractivity contribution < 1.29 is 18.1 Å². The first-order valence-electron chi connectivity index (χ1n) is 5.09.